The van der Waals surface area contributed by atoms with Gasteiger partial charge in [0.15, 0.2) is 0 Å². The van der Waals surface area contributed by atoms with Crippen LogP contribution in [0, 0.1) is 13.8 Å². The van der Waals surface area contributed by atoms with Crippen LogP contribution >= 0.6 is 0 Å². The van der Waals surface area contributed by atoms with E-state index < -0.39 is 16.1 Å². The maximum Gasteiger partial charge on any atom is 0.244 e. The van der Waals surface area contributed by atoms with Gasteiger partial charge >= 0.3 is 0 Å². The van der Waals surface area contributed by atoms with Crippen LogP contribution in [-0.4, -0.2) is 26.6 Å². The van der Waals surface area contributed by atoms with Crippen LogP contribution in [0.3, 0.4) is 0 Å². The summed E-state index contributed by atoms with van der Waals surface area (Å²) < 4.78 is 26.6. The number of benzene rings is 2. The number of hydrogen-bond acceptors (Lipinski definition) is 3. The predicted molar refractivity (Wildman–Crippen MR) is 129 cm³/mol. The molecule has 0 saturated heterocycles. The summed E-state index contributed by atoms with van der Waals surface area (Å²) in [7, 11) is -3.66. The van der Waals surface area contributed by atoms with E-state index in [2.05, 4.69) is 38.2 Å². The van der Waals surface area contributed by atoms with Gasteiger partial charge in [-0.3, -0.25) is 9.10 Å². The van der Waals surface area contributed by atoms with E-state index in [9.17, 15) is 13.2 Å². The lowest BCUT2D eigenvalue weighted by atomic mass is 9.86. The van der Waals surface area contributed by atoms with Crippen LogP contribution in [0.25, 0.3) is 0 Å². The maximum absolute atomic E-state index is 13.2. The third-order valence-electron chi connectivity index (χ3n) is 5.43. The number of hydrogen-bond donors (Lipinski definition) is 1. The first kappa shape index (κ1) is 24.9. The van der Waals surface area contributed by atoms with Crippen molar-refractivity contribution in [2.24, 2.45) is 0 Å². The average Bonchev–Trinajstić information content (AvgIpc) is 2.63. The van der Waals surface area contributed by atoms with Crippen molar-refractivity contribution in [2.75, 3.05) is 10.6 Å². The lowest BCUT2D eigenvalue weighted by molar-refractivity contribution is -0.122. The van der Waals surface area contributed by atoms with Gasteiger partial charge in [0.1, 0.15) is 6.04 Å². The van der Waals surface area contributed by atoms with Crippen LogP contribution < -0.4 is 9.62 Å². The molecule has 0 fully saturated rings. The average molecular weight is 445 g/mol. The van der Waals surface area contributed by atoms with E-state index in [-0.39, 0.29) is 17.4 Å². The highest BCUT2D eigenvalue weighted by Crippen LogP contribution is 2.27. The van der Waals surface area contributed by atoms with Gasteiger partial charge < -0.3 is 5.32 Å². The molecule has 2 rings (SSSR count). The summed E-state index contributed by atoms with van der Waals surface area (Å²) in [5.41, 5.74) is 4.68. The number of carbonyl (C=O) groups excluding carboxylic acids is 1. The molecule has 0 aliphatic carbocycles. The van der Waals surface area contributed by atoms with E-state index in [1.807, 2.05) is 45.9 Å². The second-order valence-corrected chi connectivity index (χ2v) is 11.3. The Labute approximate surface area is 187 Å². The fourth-order valence-corrected chi connectivity index (χ4v) is 5.00. The van der Waals surface area contributed by atoms with Crippen molar-refractivity contribution in [3.05, 3.63) is 64.7 Å². The lowest BCUT2D eigenvalue weighted by Crippen LogP contribution is -2.49. The minimum Gasteiger partial charge on any atom is -0.348 e. The smallest absolute Gasteiger partial charge is 0.244 e. The molecule has 2 aromatic rings. The summed E-state index contributed by atoms with van der Waals surface area (Å²) in [6, 6.07) is 12.7. The highest BCUT2D eigenvalue weighted by atomic mass is 32.2. The number of nitrogens with one attached hydrogen (secondary N) is 1. The molecule has 0 unspecified atom stereocenters. The number of nitrogens with zero attached hydrogens (tertiary/aromatic N) is 1. The van der Waals surface area contributed by atoms with E-state index in [0.29, 0.717) is 12.1 Å². The lowest BCUT2D eigenvalue weighted by Gasteiger charge is -2.31. The molecule has 0 heterocycles. The van der Waals surface area contributed by atoms with Gasteiger partial charge in [-0.2, -0.15) is 0 Å². The van der Waals surface area contributed by atoms with Crippen molar-refractivity contribution in [1.82, 2.24) is 5.32 Å². The van der Waals surface area contributed by atoms with Gasteiger partial charge in [0.25, 0.3) is 0 Å². The topological polar surface area (TPSA) is 66.5 Å². The molecule has 0 bridgehead atoms. The molecule has 0 saturated carbocycles. The van der Waals surface area contributed by atoms with Crippen molar-refractivity contribution >= 4 is 21.6 Å². The molecule has 2 aromatic carbocycles. The van der Waals surface area contributed by atoms with Crippen molar-refractivity contribution in [1.29, 1.82) is 0 Å². The Morgan fingerprint density at radius 1 is 1.03 bits per heavy atom. The van der Waals surface area contributed by atoms with Crippen molar-refractivity contribution in [2.45, 2.75) is 72.4 Å². The zero-order valence-electron chi connectivity index (χ0n) is 20.0. The molecular formula is C25H36N2O3S. The third-order valence-corrected chi connectivity index (χ3v) is 6.61. The van der Waals surface area contributed by atoms with Crippen LogP contribution in [0.1, 0.15) is 69.3 Å². The molecule has 0 aliphatic rings. The highest BCUT2D eigenvalue weighted by Gasteiger charge is 2.32. The fraction of sp³-hybridized carbons (Fsp3) is 0.480. The van der Waals surface area contributed by atoms with Gasteiger partial charge in [-0.15, -0.1) is 0 Å². The fourth-order valence-electron chi connectivity index (χ4n) is 3.80. The highest BCUT2D eigenvalue weighted by molar-refractivity contribution is 7.92. The molecule has 0 aromatic heterocycles. The van der Waals surface area contributed by atoms with E-state index >= 15 is 0 Å². The Kier molecular flexibility index (Phi) is 7.58. The Balaban J connectivity index is 2.31. The van der Waals surface area contributed by atoms with Gasteiger partial charge in [0.05, 0.1) is 18.0 Å². The summed E-state index contributed by atoms with van der Waals surface area (Å²) >= 11 is 0. The predicted octanol–water partition coefficient (Wildman–Crippen LogP) is 5.02. The molecule has 2 atom stereocenters. The summed E-state index contributed by atoms with van der Waals surface area (Å²) in [6.07, 6.45) is 1.51. The van der Waals surface area contributed by atoms with Crippen molar-refractivity contribution in [3.8, 4) is 0 Å². The zero-order valence-corrected chi connectivity index (χ0v) is 20.8. The van der Waals surface area contributed by atoms with E-state index in [1.54, 1.807) is 12.1 Å². The van der Waals surface area contributed by atoms with Crippen molar-refractivity contribution in [3.63, 3.8) is 0 Å². The Bertz CT molecular complexity index is 1000. The first-order valence-electron chi connectivity index (χ1n) is 10.7. The summed E-state index contributed by atoms with van der Waals surface area (Å²) in [4.78, 5) is 13.2. The second-order valence-electron chi connectivity index (χ2n) is 9.43. The molecule has 6 heteroatoms. The second kappa shape index (κ2) is 9.43. The molecule has 1 N–H and O–H groups in total. The van der Waals surface area contributed by atoms with Gasteiger partial charge in [0, 0.05) is 0 Å². The van der Waals surface area contributed by atoms with E-state index in [4.69, 9.17) is 0 Å². The summed E-state index contributed by atoms with van der Waals surface area (Å²) in [5.74, 6) is -0.306. The number of sulfonamides is 1. The molecule has 170 valence electrons. The molecular weight excluding hydrogens is 408 g/mol. The Morgan fingerprint density at radius 3 is 1.97 bits per heavy atom. The van der Waals surface area contributed by atoms with Crippen molar-refractivity contribution < 1.29 is 13.2 Å². The van der Waals surface area contributed by atoms with Crippen LogP contribution in [0.2, 0.25) is 0 Å². The molecule has 0 aliphatic heterocycles. The quantitative estimate of drug-likeness (QED) is 0.652. The van der Waals surface area contributed by atoms with E-state index in [1.165, 1.54) is 9.87 Å². The van der Waals surface area contributed by atoms with Crippen LogP contribution in [0.5, 0.6) is 0 Å². The SMILES string of the molecule is CC[C@@H](C(=O)N[C@@H](C)c1ccc(C(C)(C)C)cc1)N(c1cc(C)cc(C)c1)S(C)(=O)=O. The minimum atomic E-state index is -3.66. The first-order valence-corrected chi connectivity index (χ1v) is 12.6. The molecule has 0 spiro atoms. The van der Waals surface area contributed by atoms with Gasteiger partial charge in [-0.25, -0.2) is 8.42 Å². The number of rotatable bonds is 7. The summed E-state index contributed by atoms with van der Waals surface area (Å²) in [5, 5.41) is 3.01. The Hall–Kier alpha value is -2.34. The monoisotopic (exact) mass is 444 g/mol. The van der Waals surface area contributed by atoms with Gasteiger partial charge in [-0.1, -0.05) is 58.0 Å². The Morgan fingerprint density at radius 2 is 1.55 bits per heavy atom. The standard InChI is InChI=1S/C25H36N2O3S/c1-9-23(27(31(8,29)30)22-15-17(2)14-18(3)16-22)24(28)26-19(4)20-10-12-21(13-11-20)25(5,6)7/h10-16,19,23H,9H2,1-8H3,(H,26,28)/t19-,23-/m0/s1. The van der Waals surface area contributed by atoms with Gasteiger partial charge in [-0.05, 0) is 67.0 Å². The molecule has 1 amide bonds. The van der Waals surface area contributed by atoms with Crippen LogP contribution in [-0.2, 0) is 20.2 Å². The maximum atomic E-state index is 13.2. The molecule has 31 heavy (non-hydrogen) atoms. The number of amides is 1. The zero-order chi connectivity index (χ0) is 23.6. The number of aryl methyl sites for hydroxylation is 2. The third kappa shape index (κ3) is 6.33. The number of carbonyl (C=O) groups is 1. The largest absolute Gasteiger partial charge is 0.348 e. The number of anilines is 1. The van der Waals surface area contributed by atoms with Crippen LogP contribution in [0.15, 0.2) is 42.5 Å². The van der Waals surface area contributed by atoms with Crippen LogP contribution in [0.4, 0.5) is 5.69 Å². The van der Waals surface area contributed by atoms with E-state index in [0.717, 1.165) is 22.9 Å². The first-order chi connectivity index (χ1) is 14.2. The summed E-state index contributed by atoms with van der Waals surface area (Å²) in [6.45, 7) is 14.1. The normalized spacial score (nSPS) is 14.1. The molecule has 0 radical (unpaired) electrons. The molecule has 5 nitrogen and oxygen atoms in total. The minimum absolute atomic E-state index is 0.0558. The van der Waals surface area contributed by atoms with Gasteiger partial charge in [0.2, 0.25) is 15.9 Å².